The summed E-state index contributed by atoms with van der Waals surface area (Å²) in [6.07, 6.45) is 3.64. The van der Waals surface area contributed by atoms with Crippen LogP contribution < -0.4 is 5.32 Å². The first-order valence-electron chi connectivity index (χ1n) is 8.98. The van der Waals surface area contributed by atoms with Crippen molar-refractivity contribution in [3.63, 3.8) is 0 Å². The monoisotopic (exact) mass is 348 g/mol. The fourth-order valence-corrected chi connectivity index (χ4v) is 3.91. The molecule has 2 aliphatic heterocycles. The van der Waals surface area contributed by atoms with E-state index in [2.05, 4.69) is 5.32 Å². The molecule has 3 rings (SSSR count). The molecule has 0 aliphatic carbocycles. The predicted molar refractivity (Wildman–Crippen MR) is 94.5 cm³/mol. The molecule has 1 amide bonds. The molecule has 6 nitrogen and oxygen atoms in total. The molecule has 2 saturated heterocycles. The molecular weight excluding hydrogens is 320 g/mol. The summed E-state index contributed by atoms with van der Waals surface area (Å²) in [7, 11) is 0. The first-order chi connectivity index (χ1) is 11.7. The molecule has 6 heteroatoms. The number of benzene rings is 1. The standard InChI is InChI=1S/C19H28N2O4/c1-19(2,3)25-18(24)21-14-5-6-15(21)9-13(8-14)20-11-12-4-7-16(22)10-17(12)23/h4,7,10,13-15,20,22-23H,5-6,8-9,11H2,1-3H3. The molecular formula is C19H28N2O4. The van der Waals surface area contributed by atoms with Crippen molar-refractivity contribution in [2.75, 3.05) is 0 Å². The largest absolute Gasteiger partial charge is 0.508 e. The van der Waals surface area contributed by atoms with Gasteiger partial charge in [-0.05, 0) is 52.5 Å². The average Bonchev–Trinajstić information content (AvgIpc) is 2.76. The topological polar surface area (TPSA) is 82.0 Å². The molecule has 1 aromatic carbocycles. The van der Waals surface area contributed by atoms with Crippen molar-refractivity contribution >= 4 is 6.09 Å². The van der Waals surface area contributed by atoms with Crippen molar-refractivity contribution in [2.45, 2.75) is 76.7 Å². The molecule has 2 bridgehead atoms. The number of piperidine rings is 1. The van der Waals surface area contributed by atoms with E-state index in [-0.39, 0.29) is 29.7 Å². The van der Waals surface area contributed by atoms with Crippen LogP contribution >= 0.6 is 0 Å². The summed E-state index contributed by atoms with van der Waals surface area (Å²) in [6, 6.07) is 5.41. The third-order valence-electron chi connectivity index (χ3n) is 4.99. The molecule has 0 saturated carbocycles. The highest BCUT2D eigenvalue weighted by atomic mass is 16.6. The first-order valence-corrected chi connectivity index (χ1v) is 8.98. The van der Waals surface area contributed by atoms with Crippen LogP contribution in [0.2, 0.25) is 0 Å². The number of aromatic hydroxyl groups is 2. The van der Waals surface area contributed by atoms with Crippen LogP contribution in [0, 0.1) is 0 Å². The van der Waals surface area contributed by atoms with Gasteiger partial charge in [0.2, 0.25) is 0 Å². The Balaban J connectivity index is 1.57. The van der Waals surface area contributed by atoms with Gasteiger partial charge in [-0.2, -0.15) is 0 Å². The zero-order valence-electron chi connectivity index (χ0n) is 15.2. The van der Waals surface area contributed by atoms with Crippen LogP contribution in [0.3, 0.4) is 0 Å². The Morgan fingerprint density at radius 3 is 2.44 bits per heavy atom. The van der Waals surface area contributed by atoms with E-state index in [0.29, 0.717) is 12.6 Å². The van der Waals surface area contributed by atoms with E-state index >= 15 is 0 Å². The van der Waals surface area contributed by atoms with Crippen LogP contribution in [0.4, 0.5) is 4.79 Å². The fourth-order valence-electron chi connectivity index (χ4n) is 3.91. The SMILES string of the molecule is CC(C)(C)OC(=O)N1C2CCC1CC(NCc1ccc(O)cc1O)C2. The molecule has 3 N–H and O–H groups in total. The maximum absolute atomic E-state index is 12.5. The molecule has 1 aromatic rings. The molecule has 2 unspecified atom stereocenters. The van der Waals surface area contributed by atoms with Crippen LogP contribution in [0.1, 0.15) is 52.0 Å². The highest BCUT2D eigenvalue weighted by molar-refractivity contribution is 5.69. The number of carbonyl (C=O) groups is 1. The summed E-state index contributed by atoms with van der Waals surface area (Å²) in [5, 5.41) is 22.7. The first kappa shape index (κ1) is 17.9. The summed E-state index contributed by atoms with van der Waals surface area (Å²) >= 11 is 0. The second-order valence-electron chi connectivity index (χ2n) is 8.13. The molecule has 0 radical (unpaired) electrons. The summed E-state index contributed by atoms with van der Waals surface area (Å²) in [6.45, 7) is 6.23. The number of nitrogens with zero attached hydrogens (tertiary/aromatic N) is 1. The van der Waals surface area contributed by atoms with Crippen molar-refractivity contribution in [1.29, 1.82) is 0 Å². The number of carbonyl (C=O) groups excluding carboxylic acids is 1. The molecule has 2 fully saturated rings. The van der Waals surface area contributed by atoms with Crippen molar-refractivity contribution in [1.82, 2.24) is 10.2 Å². The van der Waals surface area contributed by atoms with Gasteiger partial charge in [-0.1, -0.05) is 6.07 Å². The van der Waals surface area contributed by atoms with Crippen LogP contribution in [-0.4, -0.2) is 44.9 Å². The lowest BCUT2D eigenvalue weighted by atomic mass is 9.97. The second-order valence-corrected chi connectivity index (χ2v) is 8.13. The van der Waals surface area contributed by atoms with Gasteiger partial charge in [-0.3, -0.25) is 0 Å². The van der Waals surface area contributed by atoms with E-state index in [1.807, 2.05) is 25.7 Å². The highest BCUT2D eigenvalue weighted by Crippen LogP contribution is 2.37. The molecule has 0 aromatic heterocycles. The fraction of sp³-hybridized carbons (Fsp3) is 0.632. The third kappa shape index (κ3) is 4.18. The van der Waals surface area contributed by atoms with E-state index in [4.69, 9.17) is 4.74 Å². The second kappa shape index (κ2) is 6.75. The van der Waals surface area contributed by atoms with E-state index in [0.717, 1.165) is 31.2 Å². The molecule has 2 atom stereocenters. The minimum Gasteiger partial charge on any atom is -0.508 e. The lowest BCUT2D eigenvalue weighted by Crippen LogP contribution is -2.52. The lowest BCUT2D eigenvalue weighted by Gasteiger charge is -2.39. The van der Waals surface area contributed by atoms with Gasteiger partial charge in [-0.25, -0.2) is 4.79 Å². The Hall–Kier alpha value is -1.95. The number of amides is 1. The minimum atomic E-state index is -0.470. The maximum Gasteiger partial charge on any atom is 0.410 e. The van der Waals surface area contributed by atoms with Gasteiger partial charge in [0.05, 0.1) is 0 Å². The number of hydrogen-bond acceptors (Lipinski definition) is 5. The van der Waals surface area contributed by atoms with Gasteiger partial charge in [0, 0.05) is 36.3 Å². The number of fused-ring (bicyclic) bond motifs is 2. The van der Waals surface area contributed by atoms with Gasteiger partial charge in [0.15, 0.2) is 0 Å². The van der Waals surface area contributed by atoms with Crippen molar-refractivity contribution < 1.29 is 19.7 Å². The number of hydrogen-bond donors (Lipinski definition) is 3. The Bertz CT molecular complexity index is 627. The highest BCUT2D eigenvalue weighted by Gasteiger charge is 2.44. The normalized spacial score (nSPS) is 25.9. The number of nitrogens with one attached hydrogen (secondary N) is 1. The zero-order valence-corrected chi connectivity index (χ0v) is 15.2. The quantitative estimate of drug-likeness (QED) is 0.782. The van der Waals surface area contributed by atoms with Gasteiger partial charge in [-0.15, -0.1) is 0 Å². The summed E-state index contributed by atoms with van der Waals surface area (Å²) in [5.74, 6) is 0.159. The Kier molecular flexibility index (Phi) is 4.82. The molecule has 138 valence electrons. The van der Waals surface area contributed by atoms with Gasteiger partial charge in [0.25, 0.3) is 0 Å². The zero-order chi connectivity index (χ0) is 18.2. The van der Waals surface area contributed by atoms with Gasteiger partial charge >= 0.3 is 6.09 Å². The van der Waals surface area contributed by atoms with E-state index in [1.54, 1.807) is 12.1 Å². The van der Waals surface area contributed by atoms with Gasteiger partial charge in [0.1, 0.15) is 17.1 Å². The van der Waals surface area contributed by atoms with Crippen LogP contribution in [0.15, 0.2) is 18.2 Å². The number of phenolic OH excluding ortho intramolecular Hbond substituents is 2. The summed E-state index contributed by atoms with van der Waals surface area (Å²) < 4.78 is 5.56. The number of rotatable bonds is 3. The summed E-state index contributed by atoms with van der Waals surface area (Å²) in [5.41, 5.74) is 0.293. The summed E-state index contributed by atoms with van der Waals surface area (Å²) in [4.78, 5) is 14.4. The minimum absolute atomic E-state index is 0.0602. The lowest BCUT2D eigenvalue weighted by molar-refractivity contribution is 0.00466. The Labute approximate surface area is 148 Å². The number of ether oxygens (including phenoxy) is 1. The van der Waals surface area contributed by atoms with Crippen molar-refractivity contribution in [3.8, 4) is 11.5 Å². The molecule has 0 spiro atoms. The van der Waals surface area contributed by atoms with Crippen LogP contribution in [-0.2, 0) is 11.3 Å². The number of phenols is 2. The smallest absolute Gasteiger partial charge is 0.410 e. The Morgan fingerprint density at radius 2 is 1.88 bits per heavy atom. The van der Waals surface area contributed by atoms with Crippen LogP contribution in [0.25, 0.3) is 0 Å². The maximum atomic E-state index is 12.5. The average molecular weight is 348 g/mol. The van der Waals surface area contributed by atoms with E-state index in [9.17, 15) is 15.0 Å². The third-order valence-corrected chi connectivity index (χ3v) is 4.99. The molecule has 2 heterocycles. The molecule has 2 aliphatic rings. The predicted octanol–water partition coefficient (Wildman–Crippen LogP) is 3.12. The van der Waals surface area contributed by atoms with E-state index < -0.39 is 5.60 Å². The van der Waals surface area contributed by atoms with Crippen molar-refractivity contribution in [3.05, 3.63) is 23.8 Å². The molecule has 25 heavy (non-hydrogen) atoms. The van der Waals surface area contributed by atoms with Gasteiger partial charge < -0.3 is 25.2 Å². The Morgan fingerprint density at radius 1 is 1.24 bits per heavy atom. The van der Waals surface area contributed by atoms with E-state index in [1.165, 1.54) is 6.07 Å². The van der Waals surface area contributed by atoms with Crippen molar-refractivity contribution in [2.24, 2.45) is 0 Å². The van der Waals surface area contributed by atoms with Crippen LogP contribution in [0.5, 0.6) is 11.5 Å².